The van der Waals surface area contributed by atoms with E-state index in [0.29, 0.717) is 11.2 Å². The first-order chi connectivity index (χ1) is 15.7. The fraction of sp³-hybridized carbons (Fsp3) is 0.200. The van der Waals surface area contributed by atoms with Gasteiger partial charge in [-0.15, -0.1) is 0 Å². The summed E-state index contributed by atoms with van der Waals surface area (Å²) in [6, 6.07) is 14.0. The van der Waals surface area contributed by atoms with E-state index in [-0.39, 0.29) is 12.1 Å². The zero-order valence-electron chi connectivity index (χ0n) is 17.5. The Labute approximate surface area is 185 Å². The number of hydrogen-bond donors (Lipinski definition) is 2. The van der Waals surface area contributed by atoms with Crippen molar-refractivity contribution < 1.29 is 4.79 Å². The number of fused-ring (bicyclic) bond motifs is 4. The normalized spacial score (nSPS) is 16.9. The molecule has 2 N–H and O–H groups in total. The number of nitrogens with one attached hydrogen (secondary N) is 2. The molecule has 2 aliphatic rings. The van der Waals surface area contributed by atoms with E-state index in [1.807, 2.05) is 47.5 Å². The van der Waals surface area contributed by atoms with Crippen molar-refractivity contribution in [1.82, 2.24) is 25.6 Å². The van der Waals surface area contributed by atoms with E-state index < -0.39 is 0 Å². The number of nitrogens with zero attached hydrogens (tertiary/aromatic N) is 4. The Hall–Kier alpha value is -3.84. The lowest BCUT2D eigenvalue weighted by Gasteiger charge is -2.39. The van der Waals surface area contributed by atoms with Crippen molar-refractivity contribution in [3.8, 4) is 11.3 Å². The third kappa shape index (κ3) is 3.01. The number of pyridine rings is 3. The van der Waals surface area contributed by atoms with E-state index in [0.717, 1.165) is 64.9 Å². The van der Waals surface area contributed by atoms with E-state index in [9.17, 15) is 4.79 Å². The molecule has 0 spiro atoms. The Bertz CT molecular complexity index is 1390. The first-order valence-electron chi connectivity index (χ1n) is 10.8. The minimum absolute atomic E-state index is 0.0986. The number of carbonyl (C=O) groups is 1. The van der Waals surface area contributed by atoms with Gasteiger partial charge in [-0.25, -0.2) is 9.78 Å². The van der Waals surface area contributed by atoms with Crippen LogP contribution in [0.4, 0.5) is 10.5 Å². The third-order valence-corrected chi connectivity index (χ3v) is 6.29. The van der Waals surface area contributed by atoms with E-state index in [1.54, 1.807) is 6.20 Å². The maximum Gasteiger partial charge on any atom is 0.326 e. The lowest BCUT2D eigenvalue weighted by atomic mass is 10.00. The Morgan fingerprint density at radius 3 is 2.69 bits per heavy atom. The monoisotopic (exact) mass is 422 g/mol. The summed E-state index contributed by atoms with van der Waals surface area (Å²) in [6.45, 7) is 5.83. The molecule has 7 heteroatoms. The molecule has 0 bridgehead atoms. The molecule has 0 radical (unpaired) electrons. The summed E-state index contributed by atoms with van der Waals surface area (Å²) in [7, 11) is 0. The van der Waals surface area contributed by atoms with Crippen molar-refractivity contribution in [2.75, 3.05) is 18.0 Å². The quantitative estimate of drug-likeness (QED) is 0.508. The molecule has 0 atom stereocenters. The number of benzene rings is 1. The molecule has 158 valence electrons. The van der Waals surface area contributed by atoms with Crippen molar-refractivity contribution in [3.05, 3.63) is 67.0 Å². The average molecular weight is 422 g/mol. The highest BCUT2D eigenvalue weighted by molar-refractivity contribution is 6.11. The highest BCUT2D eigenvalue weighted by Gasteiger charge is 2.35. The number of para-hydroxylation sites is 1. The summed E-state index contributed by atoms with van der Waals surface area (Å²) in [6.07, 6.45) is 5.40. The number of anilines is 1. The number of aromatic nitrogens is 3. The summed E-state index contributed by atoms with van der Waals surface area (Å²) in [5.74, 6) is 0. The lowest BCUT2D eigenvalue weighted by Crippen LogP contribution is -2.52. The van der Waals surface area contributed by atoms with Gasteiger partial charge in [0, 0.05) is 40.6 Å². The largest absolute Gasteiger partial charge is 0.326 e. The molecule has 4 aromatic rings. The first-order valence-corrected chi connectivity index (χ1v) is 10.8. The zero-order chi connectivity index (χ0) is 21.7. The van der Waals surface area contributed by atoms with Gasteiger partial charge in [0.1, 0.15) is 5.52 Å². The van der Waals surface area contributed by atoms with E-state index >= 15 is 0 Å². The predicted octanol–water partition coefficient (Wildman–Crippen LogP) is 4.10. The SMILES string of the molecule is C=C1NC(=O)N(C2CCNCC2)c2c1cnc1ccc(-c3cnc4ccccc4c3)nc21. The topological polar surface area (TPSA) is 83.0 Å². The van der Waals surface area contributed by atoms with Crippen LogP contribution in [-0.4, -0.2) is 40.1 Å². The summed E-state index contributed by atoms with van der Waals surface area (Å²) < 4.78 is 0. The predicted molar refractivity (Wildman–Crippen MR) is 126 cm³/mol. The molecule has 32 heavy (non-hydrogen) atoms. The molecule has 5 heterocycles. The van der Waals surface area contributed by atoms with E-state index in [2.05, 4.69) is 33.2 Å². The van der Waals surface area contributed by atoms with Crippen molar-refractivity contribution in [1.29, 1.82) is 0 Å². The van der Waals surface area contributed by atoms with Crippen LogP contribution < -0.4 is 15.5 Å². The molecule has 0 unspecified atom stereocenters. The molecule has 1 aromatic carbocycles. The molecule has 2 amide bonds. The molecule has 1 fully saturated rings. The maximum absolute atomic E-state index is 13.1. The van der Waals surface area contributed by atoms with Gasteiger partial charge in [0.05, 0.1) is 22.4 Å². The third-order valence-electron chi connectivity index (χ3n) is 6.29. The van der Waals surface area contributed by atoms with Gasteiger partial charge in [-0.3, -0.25) is 14.9 Å². The van der Waals surface area contributed by atoms with Crippen LogP contribution in [0.15, 0.2) is 61.4 Å². The van der Waals surface area contributed by atoms with Crippen LogP contribution in [0.1, 0.15) is 18.4 Å². The van der Waals surface area contributed by atoms with Gasteiger partial charge in [0.15, 0.2) is 0 Å². The van der Waals surface area contributed by atoms with Crippen LogP contribution in [0.3, 0.4) is 0 Å². The number of amides is 2. The van der Waals surface area contributed by atoms with Crippen LogP contribution >= 0.6 is 0 Å². The Balaban J connectivity index is 1.55. The van der Waals surface area contributed by atoms with E-state index in [4.69, 9.17) is 4.98 Å². The minimum Gasteiger partial charge on any atom is -0.317 e. The molecule has 1 saturated heterocycles. The van der Waals surface area contributed by atoms with Crippen LogP contribution in [0, 0.1) is 0 Å². The van der Waals surface area contributed by atoms with Gasteiger partial charge in [-0.05, 0) is 50.2 Å². The second-order valence-corrected chi connectivity index (χ2v) is 8.26. The Morgan fingerprint density at radius 1 is 1.00 bits per heavy atom. The molecule has 3 aromatic heterocycles. The Morgan fingerprint density at radius 2 is 1.81 bits per heavy atom. The summed E-state index contributed by atoms with van der Waals surface area (Å²) in [5.41, 5.74) is 6.31. The van der Waals surface area contributed by atoms with Crippen LogP contribution in [0.2, 0.25) is 0 Å². The maximum atomic E-state index is 13.1. The average Bonchev–Trinajstić information content (AvgIpc) is 2.84. The van der Waals surface area contributed by atoms with E-state index in [1.165, 1.54) is 0 Å². The summed E-state index contributed by atoms with van der Waals surface area (Å²) >= 11 is 0. The zero-order valence-corrected chi connectivity index (χ0v) is 17.5. The summed E-state index contributed by atoms with van der Waals surface area (Å²) in [4.78, 5) is 29.1. The molecule has 7 nitrogen and oxygen atoms in total. The highest BCUT2D eigenvalue weighted by Crippen LogP contribution is 2.38. The lowest BCUT2D eigenvalue weighted by molar-refractivity contribution is 0.245. The van der Waals surface area contributed by atoms with Gasteiger partial charge < -0.3 is 10.6 Å². The number of hydrogen-bond acceptors (Lipinski definition) is 5. The number of piperidine rings is 1. The molecule has 0 saturated carbocycles. The van der Waals surface area contributed by atoms with Gasteiger partial charge in [0.2, 0.25) is 0 Å². The molecule has 2 aliphatic heterocycles. The number of carbonyl (C=O) groups excluding carboxylic acids is 1. The van der Waals surface area contributed by atoms with Crippen molar-refractivity contribution in [2.24, 2.45) is 0 Å². The smallest absolute Gasteiger partial charge is 0.317 e. The fourth-order valence-corrected chi connectivity index (χ4v) is 4.66. The molecular weight excluding hydrogens is 400 g/mol. The summed E-state index contributed by atoms with van der Waals surface area (Å²) in [5, 5.41) is 7.34. The Kier molecular flexibility index (Phi) is 4.36. The van der Waals surface area contributed by atoms with Gasteiger partial charge in [-0.2, -0.15) is 0 Å². The van der Waals surface area contributed by atoms with Gasteiger partial charge >= 0.3 is 6.03 Å². The minimum atomic E-state index is -0.151. The van der Waals surface area contributed by atoms with Gasteiger partial charge in [0.25, 0.3) is 0 Å². The van der Waals surface area contributed by atoms with Crippen LogP contribution in [0.25, 0.3) is 38.9 Å². The molecule has 0 aliphatic carbocycles. The highest BCUT2D eigenvalue weighted by atomic mass is 16.2. The standard InChI is InChI=1S/C25H22N6O/c1-15-19-14-28-22-7-6-21(17-12-16-4-2-3-5-20(16)27-13-17)30-23(22)24(19)31(25(32)29-15)18-8-10-26-11-9-18/h2-7,12-14,18,26H,1,8-11H2,(H,29,32). The van der Waals surface area contributed by atoms with Crippen molar-refractivity contribution in [2.45, 2.75) is 18.9 Å². The number of rotatable bonds is 2. The second kappa shape index (κ2) is 7.39. The van der Waals surface area contributed by atoms with Crippen molar-refractivity contribution in [3.63, 3.8) is 0 Å². The van der Waals surface area contributed by atoms with Crippen LogP contribution in [-0.2, 0) is 0 Å². The van der Waals surface area contributed by atoms with Gasteiger partial charge in [-0.1, -0.05) is 24.8 Å². The second-order valence-electron chi connectivity index (χ2n) is 8.26. The number of urea groups is 1. The van der Waals surface area contributed by atoms with Crippen molar-refractivity contribution >= 4 is 39.4 Å². The molecular formula is C25H22N6O. The van der Waals surface area contributed by atoms with Crippen LogP contribution in [0.5, 0.6) is 0 Å². The fourth-order valence-electron chi connectivity index (χ4n) is 4.66. The molecule has 6 rings (SSSR count). The first kappa shape index (κ1) is 18.9.